The number of hydrogen-bond acceptors (Lipinski definition) is 4. The van der Waals surface area contributed by atoms with Crippen LogP contribution in [0.15, 0.2) is 42.5 Å². The number of alkyl halides is 3. The SMILES string of the molecule is CC(Oc1ccccc1Cl)C(=O)Nc1cc(C(F)(F)F)ccc1N1CCOCC1. The van der Waals surface area contributed by atoms with E-state index in [1.54, 1.807) is 24.3 Å². The number of halogens is 4. The van der Waals surface area contributed by atoms with Gasteiger partial charge in [0.25, 0.3) is 5.91 Å². The van der Waals surface area contributed by atoms with E-state index in [0.29, 0.717) is 42.8 Å². The molecule has 1 fully saturated rings. The first-order valence-electron chi connectivity index (χ1n) is 9.01. The van der Waals surface area contributed by atoms with Crippen molar-refractivity contribution in [2.75, 3.05) is 36.5 Å². The normalized spacial score (nSPS) is 15.7. The number of rotatable bonds is 5. The predicted molar refractivity (Wildman–Crippen MR) is 105 cm³/mol. The second-order valence-electron chi connectivity index (χ2n) is 6.51. The van der Waals surface area contributed by atoms with Crippen molar-refractivity contribution in [3.8, 4) is 5.75 Å². The Hall–Kier alpha value is -2.45. The molecule has 0 radical (unpaired) electrons. The zero-order valence-corrected chi connectivity index (χ0v) is 16.4. The molecule has 2 aromatic carbocycles. The molecule has 5 nitrogen and oxygen atoms in total. The summed E-state index contributed by atoms with van der Waals surface area (Å²) in [6.45, 7) is 3.45. The van der Waals surface area contributed by atoms with Gasteiger partial charge in [0, 0.05) is 13.1 Å². The molecular formula is C20H20ClF3N2O3. The topological polar surface area (TPSA) is 50.8 Å². The van der Waals surface area contributed by atoms with Crippen LogP contribution in [-0.4, -0.2) is 38.3 Å². The van der Waals surface area contributed by atoms with Gasteiger partial charge in [-0.05, 0) is 37.3 Å². The highest BCUT2D eigenvalue weighted by atomic mass is 35.5. The van der Waals surface area contributed by atoms with E-state index in [4.69, 9.17) is 21.1 Å². The Labute approximate surface area is 171 Å². The van der Waals surface area contributed by atoms with Crippen LogP contribution in [0.2, 0.25) is 5.02 Å². The van der Waals surface area contributed by atoms with Crippen LogP contribution in [-0.2, 0) is 15.7 Å². The van der Waals surface area contributed by atoms with Crippen LogP contribution in [0.1, 0.15) is 12.5 Å². The largest absolute Gasteiger partial charge is 0.479 e. The molecule has 1 atom stereocenters. The van der Waals surface area contributed by atoms with Gasteiger partial charge in [-0.3, -0.25) is 4.79 Å². The third-order valence-electron chi connectivity index (χ3n) is 4.44. The molecule has 9 heteroatoms. The number of nitrogens with one attached hydrogen (secondary N) is 1. The van der Waals surface area contributed by atoms with E-state index in [2.05, 4.69) is 5.32 Å². The molecule has 1 heterocycles. The number of benzene rings is 2. The molecule has 1 saturated heterocycles. The van der Waals surface area contributed by atoms with Crippen molar-refractivity contribution in [2.24, 2.45) is 0 Å². The molecule has 0 spiro atoms. The fourth-order valence-electron chi connectivity index (χ4n) is 2.91. The molecule has 3 rings (SSSR count). The van der Waals surface area contributed by atoms with Gasteiger partial charge < -0.3 is 19.7 Å². The molecule has 1 amide bonds. The molecule has 0 bridgehead atoms. The quantitative estimate of drug-likeness (QED) is 0.756. The number of nitrogens with zero attached hydrogens (tertiary/aromatic N) is 1. The van der Waals surface area contributed by atoms with Gasteiger partial charge in [-0.1, -0.05) is 23.7 Å². The molecule has 2 aromatic rings. The van der Waals surface area contributed by atoms with E-state index in [1.807, 2.05) is 4.90 Å². The summed E-state index contributed by atoms with van der Waals surface area (Å²) < 4.78 is 50.4. The minimum atomic E-state index is -4.53. The van der Waals surface area contributed by atoms with E-state index in [0.717, 1.165) is 12.1 Å². The first-order valence-corrected chi connectivity index (χ1v) is 9.39. The fraction of sp³-hybridized carbons (Fsp3) is 0.350. The number of morpholine rings is 1. The van der Waals surface area contributed by atoms with E-state index in [9.17, 15) is 18.0 Å². The van der Waals surface area contributed by atoms with Crippen molar-refractivity contribution in [1.82, 2.24) is 0 Å². The maximum Gasteiger partial charge on any atom is 0.416 e. The predicted octanol–water partition coefficient (Wildman–Crippen LogP) is 4.60. The standard InChI is InChI=1S/C20H20ClF3N2O3/c1-13(29-18-5-3-2-4-15(18)21)19(27)25-16-12-14(20(22,23)24)6-7-17(16)26-8-10-28-11-9-26/h2-7,12-13H,8-11H2,1H3,(H,25,27). The summed E-state index contributed by atoms with van der Waals surface area (Å²) in [7, 11) is 0. The molecule has 29 heavy (non-hydrogen) atoms. The molecule has 1 N–H and O–H groups in total. The van der Waals surface area contributed by atoms with Crippen LogP contribution in [0, 0.1) is 0 Å². The van der Waals surface area contributed by atoms with E-state index in [1.165, 1.54) is 13.0 Å². The maximum atomic E-state index is 13.2. The lowest BCUT2D eigenvalue weighted by molar-refractivity contribution is -0.137. The van der Waals surface area contributed by atoms with Crippen LogP contribution in [0.5, 0.6) is 5.75 Å². The van der Waals surface area contributed by atoms with Gasteiger partial charge in [0.05, 0.1) is 35.2 Å². The molecule has 1 aliphatic rings. The fourth-order valence-corrected chi connectivity index (χ4v) is 3.09. The number of carbonyl (C=O) groups excluding carboxylic acids is 1. The van der Waals surface area contributed by atoms with Crippen molar-refractivity contribution < 1.29 is 27.4 Å². The highest BCUT2D eigenvalue weighted by Gasteiger charge is 2.32. The molecule has 0 saturated carbocycles. The van der Waals surface area contributed by atoms with Gasteiger partial charge in [0.2, 0.25) is 0 Å². The first kappa shape index (κ1) is 21.3. The Morgan fingerprint density at radius 3 is 2.55 bits per heavy atom. The third kappa shape index (κ3) is 5.33. The average molecular weight is 429 g/mol. The van der Waals surface area contributed by atoms with Crippen LogP contribution in [0.25, 0.3) is 0 Å². The average Bonchev–Trinajstić information content (AvgIpc) is 2.69. The summed E-state index contributed by atoms with van der Waals surface area (Å²) in [5, 5.41) is 2.90. The first-order chi connectivity index (χ1) is 13.8. The summed E-state index contributed by atoms with van der Waals surface area (Å²) in [5.41, 5.74) is -0.273. The lowest BCUT2D eigenvalue weighted by atomic mass is 10.1. The Kier molecular flexibility index (Phi) is 6.54. The molecule has 0 aromatic heterocycles. The minimum Gasteiger partial charge on any atom is -0.479 e. The Morgan fingerprint density at radius 1 is 1.21 bits per heavy atom. The van der Waals surface area contributed by atoms with Gasteiger partial charge in [0.15, 0.2) is 6.10 Å². The number of amides is 1. The van der Waals surface area contributed by atoms with Crippen molar-refractivity contribution in [3.05, 3.63) is 53.1 Å². The summed E-state index contributed by atoms with van der Waals surface area (Å²) in [6, 6.07) is 9.95. The van der Waals surface area contributed by atoms with Crippen molar-refractivity contribution in [3.63, 3.8) is 0 Å². The zero-order chi connectivity index (χ0) is 21.0. The van der Waals surface area contributed by atoms with E-state index >= 15 is 0 Å². The zero-order valence-electron chi connectivity index (χ0n) is 15.6. The van der Waals surface area contributed by atoms with Gasteiger partial charge in [0.1, 0.15) is 5.75 Å². The molecule has 1 unspecified atom stereocenters. The van der Waals surface area contributed by atoms with Crippen molar-refractivity contribution in [1.29, 1.82) is 0 Å². The van der Waals surface area contributed by atoms with Gasteiger partial charge in [-0.2, -0.15) is 13.2 Å². The third-order valence-corrected chi connectivity index (χ3v) is 4.76. The lowest BCUT2D eigenvalue weighted by Crippen LogP contribution is -2.37. The Balaban J connectivity index is 1.83. The minimum absolute atomic E-state index is 0.0707. The van der Waals surface area contributed by atoms with Crippen LogP contribution >= 0.6 is 11.6 Å². The number of hydrogen-bond donors (Lipinski definition) is 1. The second kappa shape index (κ2) is 8.92. The van der Waals surface area contributed by atoms with E-state index < -0.39 is 23.8 Å². The number of para-hydroxylation sites is 1. The number of carbonyl (C=O) groups is 1. The van der Waals surface area contributed by atoms with Gasteiger partial charge >= 0.3 is 6.18 Å². The van der Waals surface area contributed by atoms with Crippen LogP contribution < -0.4 is 15.0 Å². The molecule has 1 aliphatic heterocycles. The highest BCUT2D eigenvalue weighted by Crippen LogP contribution is 2.36. The van der Waals surface area contributed by atoms with E-state index in [-0.39, 0.29) is 5.69 Å². The molecule has 156 valence electrons. The summed E-state index contributed by atoms with van der Waals surface area (Å²) >= 11 is 6.03. The summed E-state index contributed by atoms with van der Waals surface area (Å²) in [6.07, 6.45) is -5.50. The van der Waals surface area contributed by atoms with Crippen LogP contribution in [0.3, 0.4) is 0 Å². The van der Waals surface area contributed by atoms with Crippen LogP contribution in [0.4, 0.5) is 24.5 Å². The Morgan fingerprint density at radius 2 is 1.90 bits per heavy atom. The van der Waals surface area contributed by atoms with Crippen molar-refractivity contribution in [2.45, 2.75) is 19.2 Å². The second-order valence-corrected chi connectivity index (χ2v) is 6.92. The molecular weight excluding hydrogens is 409 g/mol. The Bertz CT molecular complexity index is 870. The number of ether oxygens (including phenoxy) is 2. The lowest BCUT2D eigenvalue weighted by Gasteiger charge is -2.31. The monoisotopic (exact) mass is 428 g/mol. The highest BCUT2D eigenvalue weighted by molar-refractivity contribution is 6.32. The van der Waals surface area contributed by atoms with Crippen molar-refractivity contribution >= 4 is 28.9 Å². The number of anilines is 2. The summed E-state index contributed by atoms with van der Waals surface area (Å²) in [4.78, 5) is 14.5. The molecule has 0 aliphatic carbocycles. The maximum absolute atomic E-state index is 13.2. The van der Waals surface area contributed by atoms with Gasteiger partial charge in [-0.25, -0.2) is 0 Å². The van der Waals surface area contributed by atoms with Gasteiger partial charge in [-0.15, -0.1) is 0 Å². The summed E-state index contributed by atoms with van der Waals surface area (Å²) in [5.74, 6) is -0.270. The smallest absolute Gasteiger partial charge is 0.416 e.